The molecule has 5 heteroatoms. The van der Waals surface area contributed by atoms with Gasteiger partial charge in [-0.3, -0.25) is 9.59 Å². The lowest BCUT2D eigenvalue weighted by Gasteiger charge is -2.09. The molecule has 1 heterocycles. The van der Waals surface area contributed by atoms with E-state index in [1.54, 1.807) is 6.07 Å². The van der Waals surface area contributed by atoms with Crippen LogP contribution in [0.25, 0.3) is 0 Å². The van der Waals surface area contributed by atoms with E-state index in [0.29, 0.717) is 11.4 Å². The maximum Gasteiger partial charge on any atom is 0.311 e. The van der Waals surface area contributed by atoms with Crippen molar-refractivity contribution in [1.82, 2.24) is 0 Å². The van der Waals surface area contributed by atoms with Gasteiger partial charge in [0.1, 0.15) is 0 Å². The van der Waals surface area contributed by atoms with Gasteiger partial charge in [-0.2, -0.15) is 0 Å². The molecule has 0 unspecified atom stereocenters. The van der Waals surface area contributed by atoms with Gasteiger partial charge in [0.15, 0.2) is 0 Å². The lowest BCUT2D eigenvalue weighted by molar-refractivity contribution is -0.139. The third-order valence-corrected chi connectivity index (χ3v) is 2.35. The second-order valence-corrected chi connectivity index (χ2v) is 3.58. The van der Waals surface area contributed by atoms with Crippen molar-refractivity contribution in [1.29, 1.82) is 0 Å². The largest absolute Gasteiger partial charge is 0.469 e. The highest BCUT2D eigenvalue weighted by molar-refractivity contribution is 6.04. The number of esters is 1. The Morgan fingerprint density at radius 3 is 2.53 bits per heavy atom. The maximum atomic E-state index is 11.5. The van der Waals surface area contributed by atoms with Gasteiger partial charge >= 0.3 is 5.97 Å². The first kappa shape index (κ1) is 11.2. The number of benzene rings is 1. The van der Waals surface area contributed by atoms with Crippen LogP contribution in [-0.4, -0.2) is 19.0 Å². The third kappa shape index (κ3) is 2.63. The smallest absolute Gasteiger partial charge is 0.311 e. The zero-order chi connectivity index (χ0) is 12.3. The van der Waals surface area contributed by atoms with E-state index in [-0.39, 0.29) is 12.3 Å². The van der Waals surface area contributed by atoms with Gasteiger partial charge < -0.3 is 15.4 Å². The fourth-order valence-corrected chi connectivity index (χ4v) is 1.56. The van der Waals surface area contributed by atoms with E-state index in [0.717, 1.165) is 5.69 Å². The zero-order valence-electron chi connectivity index (χ0n) is 9.32. The average Bonchev–Trinajstić information content (AvgIpc) is 2.46. The number of rotatable bonds is 2. The van der Waals surface area contributed by atoms with Gasteiger partial charge in [0, 0.05) is 11.8 Å². The summed E-state index contributed by atoms with van der Waals surface area (Å²) in [6.45, 7) is 0. The Morgan fingerprint density at radius 2 is 1.88 bits per heavy atom. The van der Waals surface area contributed by atoms with Gasteiger partial charge in [-0.1, -0.05) is 12.1 Å². The molecule has 1 amide bonds. The Kier molecular flexibility index (Phi) is 3.09. The van der Waals surface area contributed by atoms with Crippen LogP contribution in [0.2, 0.25) is 0 Å². The number of amides is 1. The summed E-state index contributed by atoms with van der Waals surface area (Å²) >= 11 is 0. The van der Waals surface area contributed by atoms with Crippen molar-refractivity contribution in [2.24, 2.45) is 0 Å². The van der Waals surface area contributed by atoms with E-state index in [2.05, 4.69) is 15.4 Å². The summed E-state index contributed by atoms with van der Waals surface area (Å²) in [7, 11) is 1.31. The Hall–Kier alpha value is -2.30. The second-order valence-electron chi connectivity index (χ2n) is 3.58. The number of carbonyl (C=O) groups is 2. The first-order valence-electron chi connectivity index (χ1n) is 5.13. The molecule has 0 atom stereocenters. The Labute approximate surface area is 98.5 Å². The van der Waals surface area contributed by atoms with Crippen LogP contribution >= 0.6 is 0 Å². The van der Waals surface area contributed by atoms with Gasteiger partial charge in [-0.05, 0) is 12.1 Å². The number of hydrogen-bond acceptors (Lipinski definition) is 4. The summed E-state index contributed by atoms with van der Waals surface area (Å²) in [6, 6.07) is 7.28. The summed E-state index contributed by atoms with van der Waals surface area (Å²) in [5, 5.41) is 5.75. The number of fused-ring (bicyclic) bond motifs is 1. The fourth-order valence-electron chi connectivity index (χ4n) is 1.56. The van der Waals surface area contributed by atoms with Gasteiger partial charge in [-0.15, -0.1) is 0 Å². The number of methoxy groups -OCH3 is 1. The Bertz CT molecular complexity index is 494. The first-order valence-corrected chi connectivity index (χ1v) is 5.13. The second kappa shape index (κ2) is 4.69. The minimum Gasteiger partial charge on any atom is -0.469 e. The van der Waals surface area contributed by atoms with Gasteiger partial charge in [-0.25, -0.2) is 0 Å². The standard InChI is InChI=1S/C12H12N2O3/c1-17-12(16)7-8-6-11(15)14-10-5-3-2-4-9(10)13-8/h2-6,13H,7H2,1H3,(H,14,15). The van der Waals surface area contributed by atoms with Crippen molar-refractivity contribution >= 4 is 23.3 Å². The molecule has 0 fully saturated rings. The number of carbonyl (C=O) groups excluding carboxylic acids is 2. The van der Waals surface area contributed by atoms with Crippen molar-refractivity contribution in [3.63, 3.8) is 0 Å². The molecule has 2 rings (SSSR count). The molecule has 1 aromatic carbocycles. The van der Waals surface area contributed by atoms with Crippen molar-refractivity contribution in [2.75, 3.05) is 17.7 Å². The average molecular weight is 232 g/mol. The summed E-state index contributed by atoms with van der Waals surface area (Å²) in [4.78, 5) is 22.7. The number of nitrogens with one attached hydrogen (secondary N) is 2. The fraction of sp³-hybridized carbons (Fsp3) is 0.167. The summed E-state index contributed by atoms with van der Waals surface area (Å²) in [5.74, 6) is -0.655. The zero-order valence-corrected chi connectivity index (χ0v) is 9.32. The molecule has 2 N–H and O–H groups in total. The molecule has 0 aliphatic carbocycles. The molecule has 0 saturated heterocycles. The van der Waals surface area contributed by atoms with E-state index < -0.39 is 5.97 Å². The molecular formula is C12H12N2O3. The highest BCUT2D eigenvalue weighted by Crippen LogP contribution is 2.25. The normalized spacial score (nSPS) is 13.7. The molecule has 17 heavy (non-hydrogen) atoms. The van der Waals surface area contributed by atoms with Crippen molar-refractivity contribution < 1.29 is 14.3 Å². The molecule has 5 nitrogen and oxygen atoms in total. The van der Waals surface area contributed by atoms with Crippen LogP contribution in [0.5, 0.6) is 0 Å². The third-order valence-electron chi connectivity index (χ3n) is 2.35. The van der Waals surface area contributed by atoms with Gasteiger partial charge in [0.05, 0.1) is 24.9 Å². The van der Waals surface area contributed by atoms with E-state index in [1.165, 1.54) is 13.2 Å². The molecule has 1 aromatic rings. The SMILES string of the molecule is COC(=O)CC1=CC(=O)Nc2ccccc2N1. The van der Waals surface area contributed by atoms with Crippen LogP contribution in [0.1, 0.15) is 6.42 Å². The van der Waals surface area contributed by atoms with Crippen LogP contribution in [0, 0.1) is 0 Å². The highest BCUT2D eigenvalue weighted by atomic mass is 16.5. The number of para-hydroxylation sites is 2. The number of ether oxygens (including phenoxy) is 1. The maximum absolute atomic E-state index is 11.5. The Morgan fingerprint density at radius 1 is 1.24 bits per heavy atom. The van der Waals surface area contributed by atoms with E-state index in [9.17, 15) is 9.59 Å². The van der Waals surface area contributed by atoms with Gasteiger partial charge in [0.2, 0.25) is 5.91 Å². The lowest BCUT2D eigenvalue weighted by atomic mass is 10.2. The predicted octanol–water partition coefficient (Wildman–Crippen LogP) is 1.50. The highest BCUT2D eigenvalue weighted by Gasteiger charge is 2.14. The summed E-state index contributed by atoms with van der Waals surface area (Å²) in [5.41, 5.74) is 1.96. The van der Waals surface area contributed by atoms with Crippen LogP contribution in [0.15, 0.2) is 36.0 Å². The number of anilines is 2. The van der Waals surface area contributed by atoms with Crippen LogP contribution in [-0.2, 0) is 14.3 Å². The lowest BCUT2D eigenvalue weighted by Crippen LogP contribution is -2.09. The molecule has 1 aliphatic heterocycles. The minimum absolute atomic E-state index is 0.0399. The van der Waals surface area contributed by atoms with Crippen LogP contribution < -0.4 is 10.6 Å². The Balaban J connectivity index is 2.25. The summed E-state index contributed by atoms with van der Waals surface area (Å²) in [6.07, 6.45) is 1.40. The molecular weight excluding hydrogens is 220 g/mol. The minimum atomic E-state index is -0.393. The molecule has 0 radical (unpaired) electrons. The van der Waals surface area contributed by atoms with E-state index >= 15 is 0 Å². The van der Waals surface area contributed by atoms with Crippen molar-refractivity contribution in [3.8, 4) is 0 Å². The summed E-state index contributed by atoms with van der Waals surface area (Å²) < 4.78 is 4.57. The predicted molar refractivity (Wildman–Crippen MR) is 63.4 cm³/mol. The van der Waals surface area contributed by atoms with Crippen LogP contribution in [0.4, 0.5) is 11.4 Å². The molecule has 0 saturated carbocycles. The monoisotopic (exact) mass is 232 g/mol. The number of hydrogen-bond donors (Lipinski definition) is 2. The molecule has 0 aromatic heterocycles. The first-order chi connectivity index (χ1) is 8.19. The molecule has 88 valence electrons. The molecule has 0 spiro atoms. The quantitative estimate of drug-likeness (QED) is 0.758. The topological polar surface area (TPSA) is 67.4 Å². The molecule has 1 aliphatic rings. The van der Waals surface area contributed by atoms with Crippen LogP contribution in [0.3, 0.4) is 0 Å². The van der Waals surface area contributed by atoms with E-state index in [4.69, 9.17) is 0 Å². The van der Waals surface area contributed by atoms with Gasteiger partial charge in [0.25, 0.3) is 0 Å². The van der Waals surface area contributed by atoms with Crippen molar-refractivity contribution in [3.05, 3.63) is 36.0 Å². The van der Waals surface area contributed by atoms with Crippen molar-refractivity contribution in [2.45, 2.75) is 6.42 Å². The molecule has 0 bridgehead atoms. The van der Waals surface area contributed by atoms with E-state index in [1.807, 2.05) is 18.2 Å².